The Morgan fingerprint density at radius 1 is 1.30 bits per heavy atom. The molecule has 0 aliphatic heterocycles. The molecular formula is C14H14N4O2. The van der Waals surface area contributed by atoms with Crippen molar-refractivity contribution in [3.05, 3.63) is 41.9 Å². The highest BCUT2D eigenvalue weighted by Crippen LogP contribution is 2.27. The van der Waals surface area contributed by atoms with Crippen LogP contribution in [0.15, 0.2) is 34.9 Å². The van der Waals surface area contributed by atoms with E-state index in [9.17, 15) is 0 Å². The molecule has 2 heterocycles. The van der Waals surface area contributed by atoms with Crippen molar-refractivity contribution in [2.45, 2.75) is 13.0 Å². The van der Waals surface area contributed by atoms with E-state index in [4.69, 9.17) is 15.4 Å². The number of aryl methyl sites for hydroxylation is 1. The zero-order chi connectivity index (χ0) is 14.1. The predicted molar refractivity (Wildman–Crippen MR) is 73.8 cm³/mol. The van der Waals surface area contributed by atoms with Crippen LogP contribution in [0.2, 0.25) is 0 Å². The van der Waals surface area contributed by atoms with Crippen LogP contribution in [0.4, 0.5) is 0 Å². The second-order valence-corrected chi connectivity index (χ2v) is 4.58. The number of nitrogens with zero attached hydrogens (tertiary/aromatic N) is 3. The second-order valence-electron chi connectivity index (χ2n) is 4.58. The first-order valence-corrected chi connectivity index (χ1v) is 6.26. The summed E-state index contributed by atoms with van der Waals surface area (Å²) < 4.78 is 5.26. The molecule has 0 bridgehead atoms. The van der Waals surface area contributed by atoms with Crippen molar-refractivity contribution in [1.82, 2.24) is 15.1 Å². The number of aliphatic hydroxyl groups excluding tert-OH is 1. The minimum Gasteiger partial charge on any atom is -0.394 e. The summed E-state index contributed by atoms with van der Waals surface area (Å²) in [6, 6.07) is 9.00. The lowest BCUT2D eigenvalue weighted by Gasteiger charge is -2.03. The average molecular weight is 270 g/mol. The van der Waals surface area contributed by atoms with E-state index in [-0.39, 0.29) is 6.61 Å². The highest BCUT2D eigenvalue weighted by atomic mass is 16.5. The topological polar surface area (TPSA) is 98.1 Å². The Kier molecular flexibility index (Phi) is 3.17. The molecule has 1 unspecified atom stereocenters. The van der Waals surface area contributed by atoms with Gasteiger partial charge in [-0.3, -0.25) is 4.98 Å². The molecule has 2 aromatic heterocycles. The first-order valence-electron chi connectivity index (χ1n) is 6.26. The summed E-state index contributed by atoms with van der Waals surface area (Å²) in [5, 5.41) is 13.8. The maximum absolute atomic E-state index is 9.03. The Bertz CT molecular complexity index is 754. The zero-order valence-corrected chi connectivity index (χ0v) is 10.9. The van der Waals surface area contributed by atoms with Gasteiger partial charge in [0.25, 0.3) is 5.89 Å². The standard InChI is InChI=1S/C14H14N4O2/c1-8-6-10(9-4-2-3-5-12(9)16-8)14-17-13(18-20-14)11(15)7-19/h2-6,11,19H,7,15H2,1H3. The highest BCUT2D eigenvalue weighted by Gasteiger charge is 2.16. The van der Waals surface area contributed by atoms with Crippen molar-refractivity contribution in [1.29, 1.82) is 0 Å². The summed E-state index contributed by atoms with van der Waals surface area (Å²) in [5.74, 6) is 0.673. The third-order valence-electron chi connectivity index (χ3n) is 3.04. The number of rotatable bonds is 3. The lowest BCUT2D eigenvalue weighted by molar-refractivity contribution is 0.260. The van der Waals surface area contributed by atoms with Gasteiger partial charge in [0.1, 0.15) is 0 Å². The molecule has 0 fully saturated rings. The van der Waals surface area contributed by atoms with Gasteiger partial charge in [0.05, 0.1) is 23.7 Å². The minimum atomic E-state index is -0.637. The SMILES string of the molecule is Cc1cc(-c2nc(C(N)CO)no2)c2ccccc2n1. The van der Waals surface area contributed by atoms with Crippen molar-refractivity contribution in [2.75, 3.05) is 6.61 Å². The molecular weight excluding hydrogens is 256 g/mol. The zero-order valence-electron chi connectivity index (χ0n) is 10.9. The van der Waals surface area contributed by atoms with E-state index in [1.54, 1.807) is 0 Å². The molecule has 1 aromatic carbocycles. The Morgan fingerprint density at radius 2 is 2.10 bits per heavy atom. The molecule has 3 aromatic rings. The molecule has 1 atom stereocenters. The van der Waals surface area contributed by atoms with Gasteiger partial charge in [-0.15, -0.1) is 0 Å². The van der Waals surface area contributed by atoms with E-state index in [1.807, 2.05) is 37.3 Å². The van der Waals surface area contributed by atoms with Gasteiger partial charge in [0.15, 0.2) is 5.82 Å². The maximum atomic E-state index is 9.03. The van der Waals surface area contributed by atoms with Crippen molar-refractivity contribution < 1.29 is 9.63 Å². The van der Waals surface area contributed by atoms with Crippen LogP contribution in [0.5, 0.6) is 0 Å². The van der Waals surface area contributed by atoms with Gasteiger partial charge in [-0.05, 0) is 19.1 Å². The molecule has 6 heteroatoms. The molecule has 0 saturated heterocycles. The van der Waals surface area contributed by atoms with Crippen LogP contribution in [0, 0.1) is 6.92 Å². The third kappa shape index (κ3) is 2.15. The quantitative estimate of drug-likeness (QED) is 0.750. The van der Waals surface area contributed by atoms with Gasteiger partial charge in [-0.25, -0.2) is 0 Å². The van der Waals surface area contributed by atoms with Gasteiger partial charge in [-0.1, -0.05) is 23.4 Å². The largest absolute Gasteiger partial charge is 0.394 e. The van der Waals surface area contributed by atoms with E-state index >= 15 is 0 Å². The van der Waals surface area contributed by atoms with Gasteiger partial charge in [0.2, 0.25) is 0 Å². The molecule has 102 valence electrons. The van der Waals surface area contributed by atoms with Gasteiger partial charge in [0, 0.05) is 11.1 Å². The number of hydrogen-bond acceptors (Lipinski definition) is 6. The van der Waals surface area contributed by atoms with Gasteiger partial charge >= 0.3 is 0 Å². The number of aromatic nitrogens is 3. The van der Waals surface area contributed by atoms with Crippen molar-refractivity contribution in [2.24, 2.45) is 5.73 Å². The summed E-state index contributed by atoms with van der Waals surface area (Å²) in [7, 11) is 0. The number of nitrogens with two attached hydrogens (primary N) is 1. The van der Waals surface area contributed by atoms with Gasteiger partial charge in [-0.2, -0.15) is 4.98 Å². The summed E-state index contributed by atoms with van der Waals surface area (Å²) in [4.78, 5) is 8.72. The molecule has 0 aliphatic carbocycles. The van der Waals surface area contributed by atoms with Crippen LogP contribution in [0.1, 0.15) is 17.6 Å². The molecule has 3 N–H and O–H groups in total. The van der Waals surface area contributed by atoms with E-state index < -0.39 is 6.04 Å². The highest BCUT2D eigenvalue weighted by molar-refractivity contribution is 5.92. The number of pyridine rings is 1. The molecule has 0 spiro atoms. The van der Waals surface area contributed by atoms with E-state index in [0.29, 0.717) is 11.7 Å². The second kappa shape index (κ2) is 4.99. The maximum Gasteiger partial charge on any atom is 0.258 e. The summed E-state index contributed by atoms with van der Waals surface area (Å²) in [6.07, 6.45) is 0. The molecule has 0 aliphatic rings. The first-order chi connectivity index (χ1) is 9.69. The van der Waals surface area contributed by atoms with Gasteiger partial charge < -0.3 is 15.4 Å². The van der Waals surface area contributed by atoms with E-state index in [2.05, 4.69) is 15.1 Å². The smallest absolute Gasteiger partial charge is 0.258 e. The number of para-hydroxylation sites is 1. The summed E-state index contributed by atoms with van der Waals surface area (Å²) in [5.41, 5.74) is 8.23. The first kappa shape index (κ1) is 12.7. The third-order valence-corrected chi connectivity index (χ3v) is 3.04. The van der Waals surface area contributed by atoms with Crippen LogP contribution in [0.25, 0.3) is 22.4 Å². The monoisotopic (exact) mass is 270 g/mol. The van der Waals surface area contributed by atoms with Crippen LogP contribution in [-0.4, -0.2) is 26.8 Å². The Labute approximate surface area is 115 Å². The fraction of sp³-hybridized carbons (Fsp3) is 0.214. The Morgan fingerprint density at radius 3 is 2.90 bits per heavy atom. The number of aliphatic hydroxyl groups is 1. The lowest BCUT2D eigenvalue weighted by Crippen LogP contribution is -2.15. The fourth-order valence-electron chi connectivity index (χ4n) is 2.06. The normalized spacial score (nSPS) is 12.8. The number of benzene rings is 1. The predicted octanol–water partition coefficient (Wildman–Crippen LogP) is 1.59. The molecule has 6 nitrogen and oxygen atoms in total. The molecule has 20 heavy (non-hydrogen) atoms. The van der Waals surface area contributed by atoms with Crippen molar-refractivity contribution in [3.63, 3.8) is 0 Å². The molecule has 0 amide bonds. The Balaban J connectivity index is 2.16. The molecule has 3 rings (SSSR count). The molecule has 0 saturated carbocycles. The van der Waals surface area contributed by atoms with Crippen LogP contribution in [-0.2, 0) is 0 Å². The van der Waals surface area contributed by atoms with E-state index in [0.717, 1.165) is 22.2 Å². The van der Waals surface area contributed by atoms with Crippen LogP contribution >= 0.6 is 0 Å². The van der Waals surface area contributed by atoms with Crippen LogP contribution < -0.4 is 5.73 Å². The van der Waals surface area contributed by atoms with Crippen molar-refractivity contribution >= 4 is 10.9 Å². The summed E-state index contributed by atoms with van der Waals surface area (Å²) >= 11 is 0. The number of hydrogen-bond donors (Lipinski definition) is 2. The number of fused-ring (bicyclic) bond motifs is 1. The van der Waals surface area contributed by atoms with E-state index in [1.165, 1.54) is 0 Å². The average Bonchev–Trinajstić information content (AvgIpc) is 2.95. The lowest BCUT2D eigenvalue weighted by atomic mass is 10.1. The molecule has 0 radical (unpaired) electrons. The van der Waals surface area contributed by atoms with Crippen LogP contribution in [0.3, 0.4) is 0 Å². The Hall–Kier alpha value is -2.31. The summed E-state index contributed by atoms with van der Waals surface area (Å²) in [6.45, 7) is 1.68. The fourth-order valence-corrected chi connectivity index (χ4v) is 2.06. The van der Waals surface area contributed by atoms with Crippen molar-refractivity contribution in [3.8, 4) is 11.5 Å². The minimum absolute atomic E-state index is 0.227.